The van der Waals surface area contributed by atoms with Crippen LogP contribution in [-0.4, -0.2) is 35.6 Å². The van der Waals surface area contributed by atoms with E-state index in [9.17, 15) is 5.11 Å². The van der Waals surface area contributed by atoms with Gasteiger partial charge in [0.15, 0.2) is 0 Å². The van der Waals surface area contributed by atoms with Crippen LogP contribution in [0.3, 0.4) is 0 Å². The van der Waals surface area contributed by atoms with Crippen LogP contribution >= 0.6 is 0 Å². The van der Waals surface area contributed by atoms with Crippen molar-refractivity contribution in [3.05, 3.63) is 42.1 Å². The summed E-state index contributed by atoms with van der Waals surface area (Å²) in [7, 11) is 3.87. The molecule has 2 aromatic rings. The first-order valence-electron chi connectivity index (χ1n) is 5.35. The molecule has 1 unspecified atom stereocenters. The van der Waals surface area contributed by atoms with Gasteiger partial charge >= 0.3 is 0 Å². The molecule has 0 aliphatic rings. The van der Waals surface area contributed by atoms with Crippen LogP contribution in [0.25, 0.3) is 10.9 Å². The zero-order valence-electron chi connectivity index (χ0n) is 9.59. The van der Waals surface area contributed by atoms with Gasteiger partial charge in [0.2, 0.25) is 0 Å². The molecule has 0 spiro atoms. The van der Waals surface area contributed by atoms with Crippen LogP contribution in [0.1, 0.15) is 11.8 Å². The smallest absolute Gasteiger partial charge is 0.109 e. The van der Waals surface area contributed by atoms with Crippen molar-refractivity contribution in [2.24, 2.45) is 0 Å². The SMILES string of the molecule is CN(C)CC(O)c1ccc2ccccc2n1. The number of hydrogen-bond acceptors (Lipinski definition) is 3. The van der Waals surface area contributed by atoms with E-state index in [1.807, 2.05) is 55.4 Å². The van der Waals surface area contributed by atoms with Crippen LogP contribution in [0.2, 0.25) is 0 Å². The highest BCUT2D eigenvalue weighted by molar-refractivity contribution is 5.78. The number of likely N-dealkylation sites (N-methyl/N-ethyl adjacent to an activating group) is 1. The van der Waals surface area contributed by atoms with E-state index in [1.165, 1.54) is 0 Å². The van der Waals surface area contributed by atoms with Gasteiger partial charge in [-0.15, -0.1) is 0 Å². The first-order valence-corrected chi connectivity index (χ1v) is 5.35. The van der Waals surface area contributed by atoms with Crippen LogP contribution in [0.5, 0.6) is 0 Å². The molecule has 0 aliphatic heterocycles. The van der Waals surface area contributed by atoms with E-state index in [2.05, 4.69) is 4.98 Å². The highest BCUT2D eigenvalue weighted by atomic mass is 16.3. The maximum absolute atomic E-state index is 9.95. The molecule has 0 saturated heterocycles. The lowest BCUT2D eigenvalue weighted by molar-refractivity contribution is 0.134. The summed E-state index contributed by atoms with van der Waals surface area (Å²) >= 11 is 0. The molecule has 1 aromatic carbocycles. The molecule has 0 saturated carbocycles. The van der Waals surface area contributed by atoms with Gasteiger partial charge in [-0.3, -0.25) is 4.98 Å². The molecule has 1 atom stereocenters. The lowest BCUT2D eigenvalue weighted by atomic mass is 10.1. The van der Waals surface area contributed by atoms with Crippen molar-refractivity contribution < 1.29 is 5.11 Å². The summed E-state index contributed by atoms with van der Waals surface area (Å²) < 4.78 is 0. The molecule has 0 bridgehead atoms. The van der Waals surface area contributed by atoms with Crippen LogP contribution in [0, 0.1) is 0 Å². The average Bonchev–Trinajstić information content (AvgIpc) is 2.27. The Bertz CT molecular complexity index is 482. The predicted octanol–water partition coefficient (Wildman–Crippen LogP) is 1.83. The third-order valence-electron chi connectivity index (χ3n) is 2.50. The number of fused-ring (bicyclic) bond motifs is 1. The van der Waals surface area contributed by atoms with Crippen LogP contribution < -0.4 is 0 Å². The van der Waals surface area contributed by atoms with Gasteiger partial charge in [-0.05, 0) is 26.2 Å². The van der Waals surface area contributed by atoms with E-state index in [0.717, 1.165) is 16.6 Å². The normalized spacial score (nSPS) is 13.2. The Kier molecular flexibility index (Phi) is 3.17. The number of benzene rings is 1. The van der Waals surface area contributed by atoms with Gasteiger partial charge in [-0.25, -0.2) is 0 Å². The second-order valence-electron chi connectivity index (χ2n) is 4.21. The minimum atomic E-state index is -0.528. The number of nitrogens with zero attached hydrogens (tertiary/aromatic N) is 2. The number of aromatic nitrogens is 1. The molecule has 84 valence electrons. The van der Waals surface area contributed by atoms with Crippen LogP contribution in [0.15, 0.2) is 36.4 Å². The van der Waals surface area contributed by atoms with Gasteiger partial charge in [0.05, 0.1) is 11.2 Å². The van der Waals surface area contributed by atoms with E-state index in [0.29, 0.717) is 6.54 Å². The maximum Gasteiger partial charge on any atom is 0.109 e. The van der Waals surface area contributed by atoms with Crippen molar-refractivity contribution in [2.75, 3.05) is 20.6 Å². The highest BCUT2D eigenvalue weighted by Crippen LogP contribution is 2.16. The summed E-state index contributed by atoms with van der Waals surface area (Å²) in [5.74, 6) is 0. The Morgan fingerprint density at radius 3 is 2.69 bits per heavy atom. The minimum absolute atomic E-state index is 0.528. The molecule has 0 amide bonds. The molecule has 1 aromatic heterocycles. The van der Waals surface area contributed by atoms with E-state index in [-0.39, 0.29) is 0 Å². The van der Waals surface area contributed by atoms with E-state index >= 15 is 0 Å². The summed E-state index contributed by atoms with van der Waals surface area (Å²) in [6, 6.07) is 11.8. The molecule has 16 heavy (non-hydrogen) atoms. The van der Waals surface area contributed by atoms with Gasteiger partial charge in [0, 0.05) is 11.9 Å². The van der Waals surface area contributed by atoms with E-state index in [1.54, 1.807) is 0 Å². The van der Waals surface area contributed by atoms with Crippen LogP contribution in [-0.2, 0) is 0 Å². The molecule has 2 rings (SSSR count). The van der Waals surface area contributed by atoms with Crippen molar-refractivity contribution in [1.82, 2.24) is 9.88 Å². The van der Waals surface area contributed by atoms with Crippen molar-refractivity contribution in [2.45, 2.75) is 6.10 Å². The van der Waals surface area contributed by atoms with Crippen molar-refractivity contribution in [3.63, 3.8) is 0 Å². The lowest BCUT2D eigenvalue weighted by Gasteiger charge is -2.15. The molecule has 3 nitrogen and oxygen atoms in total. The second-order valence-corrected chi connectivity index (χ2v) is 4.21. The fourth-order valence-electron chi connectivity index (χ4n) is 1.71. The molecule has 0 aliphatic carbocycles. The zero-order valence-corrected chi connectivity index (χ0v) is 9.59. The number of aliphatic hydroxyl groups excluding tert-OH is 1. The molecule has 3 heteroatoms. The van der Waals surface area contributed by atoms with Crippen molar-refractivity contribution >= 4 is 10.9 Å². The Hall–Kier alpha value is -1.45. The van der Waals surface area contributed by atoms with E-state index < -0.39 is 6.10 Å². The van der Waals surface area contributed by atoms with Gasteiger partial charge in [-0.2, -0.15) is 0 Å². The van der Waals surface area contributed by atoms with E-state index in [4.69, 9.17) is 0 Å². The Labute approximate surface area is 95.3 Å². The van der Waals surface area contributed by atoms with Crippen LogP contribution in [0.4, 0.5) is 0 Å². The maximum atomic E-state index is 9.95. The summed E-state index contributed by atoms with van der Waals surface area (Å²) in [5, 5.41) is 11.0. The number of rotatable bonds is 3. The molecular weight excluding hydrogens is 200 g/mol. The van der Waals surface area contributed by atoms with Gasteiger partial charge in [0.25, 0.3) is 0 Å². The first-order chi connectivity index (χ1) is 7.66. The van der Waals surface area contributed by atoms with Crippen molar-refractivity contribution in [3.8, 4) is 0 Å². The molecular formula is C13H16N2O. The highest BCUT2D eigenvalue weighted by Gasteiger charge is 2.10. The lowest BCUT2D eigenvalue weighted by Crippen LogP contribution is -2.20. The number of pyridine rings is 1. The topological polar surface area (TPSA) is 36.4 Å². The monoisotopic (exact) mass is 216 g/mol. The predicted molar refractivity (Wildman–Crippen MR) is 65.3 cm³/mol. The Morgan fingerprint density at radius 2 is 1.94 bits per heavy atom. The second kappa shape index (κ2) is 4.60. The first kappa shape index (κ1) is 11.0. The molecule has 1 N–H and O–H groups in total. The Morgan fingerprint density at radius 1 is 1.19 bits per heavy atom. The summed E-state index contributed by atoms with van der Waals surface area (Å²) in [6.07, 6.45) is -0.528. The minimum Gasteiger partial charge on any atom is -0.385 e. The van der Waals surface area contributed by atoms with Gasteiger partial charge in [-0.1, -0.05) is 24.3 Å². The largest absolute Gasteiger partial charge is 0.385 e. The molecule has 0 radical (unpaired) electrons. The summed E-state index contributed by atoms with van der Waals surface area (Å²) in [5.41, 5.74) is 1.66. The number of hydrogen-bond donors (Lipinski definition) is 1. The third-order valence-corrected chi connectivity index (χ3v) is 2.50. The number of para-hydroxylation sites is 1. The average molecular weight is 216 g/mol. The van der Waals surface area contributed by atoms with Crippen molar-refractivity contribution in [1.29, 1.82) is 0 Å². The number of aliphatic hydroxyl groups is 1. The molecule has 0 fully saturated rings. The Balaban J connectivity index is 2.32. The standard InChI is InChI=1S/C13H16N2O/c1-15(2)9-13(16)12-8-7-10-5-3-4-6-11(10)14-12/h3-8,13,16H,9H2,1-2H3. The zero-order chi connectivity index (χ0) is 11.5. The van der Waals surface area contributed by atoms with Gasteiger partial charge in [0.1, 0.15) is 6.10 Å². The quantitative estimate of drug-likeness (QED) is 0.850. The third kappa shape index (κ3) is 2.38. The van der Waals surface area contributed by atoms with Gasteiger partial charge < -0.3 is 10.0 Å². The fraction of sp³-hybridized carbons (Fsp3) is 0.308. The molecule has 1 heterocycles. The summed E-state index contributed by atoms with van der Waals surface area (Å²) in [6.45, 7) is 0.589. The summed E-state index contributed by atoms with van der Waals surface area (Å²) in [4.78, 5) is 6.40. The fourth-order valence-corrected chi connectivity index (χ4v) is 1.71.